The van der Waals surface area contributed by atoms with Gasteiger partial charge in [0.2, 0.25) is 5.95 Å². The molecule has 2 aromatic heterocycles. The van der Waals surface area contributed by atoms with Crippen molar-refractivity contribution in [2.45, 2.75) is 13.8 Å². The molecule has 0 saturated carbocycles. The number of rotatable bonds is 3. The Morgan fingerprint density at radius 3 is 2.63 bits per heavy atom. The van der Waals surface area contributed by atoms with E-state index in [9.17, 15) is 4.79 Å². The predicted molar refractivity (Wildman–Crippen MR) is 72.7 cm³/mol. The molecule has 0 saturated heterocycles. The van der Waals surface area contributed by atoms with Crippen LogP contribution in [0.3, 0.4) is 0 Å². The number of nitrogens with zero attached hydrogens (tertiary/aromatic N) is 3. The SMILES string of the molecule is CCNC(=O)Nc1ncc(-c2cccnc2C)cn1. The Kier molecular flexibility index (Phi) is 4.02. The lowest BCUT2D eigenvalue weighted by molar-refractivity contribution is 0.252. The van der Waals surface area contributed by atoms with Crippen LogP contribution >= 0.6 is 0 Å². The van der Waals surface area contributed by atoms with E-state index in [0.717, 1.165) is 16.8 Å². The van der Waals surface area contributed by atoms with Crippen molar-refractivity contribution in [1.29, 1.82) is 0 Å². The van der Waals surface area contributed by atoms with Gasteiger partial charge in [-0.3, -0.25) is 10.3 Å². The summed E-state index contributed by atoms with van der Waals surface area (Å²) >= 11 is 0. The van der Waals surface area contributed by atoms with Crippen LogP contribution < -0.4 is 10.6 Å². The molecule has 0 bridgehead atoms. The minimum atomic E-state index is -0.312. The van der Waals surface area contributed by atoms with Gasteiger partial charge < -0.3 is 5.32 Å². The quantitative estimate of drug-likeness (QED) is 0.881. The Morgan fingerprint density at radius 2 is 2.00 bits per heavy atom. The largest absolute Gasteiger partial charge is 0.338 e. The summed E-state index contributed by atoms with van der Waals surface area (Å²) in [5, 5.41) is 5.16. The molecule has 6 nitrogen and oxygen atoms in total. The molecule has 2 amide bonds. The lowest BCUT2D eigenvalue weighted by Crippen LogP contribution is -2.28. The second kappa shape index (κ2) is 5.90. The van der Waals surface area contributed by atoms with Crippen molar-refractivity contribution >= 4 is 12.0 Å². The van der Waals surface area contributed by atoms with Gasteiger partial charge in [0.1, 0.15) is 0 Å². The zero-order valence-corrected chi connectivity index (χ0v) is 10.8. The number of aromatic nitrogens is 3. The lowest BCUT2D eigenvalue weighted by atomic mass is 10.1. The van der Waals surface area contributed by atoms with Crippen LogP contribution in [-0.4, -0.2) is 27.5 Å². The fourth-order valence-electron chi connectivity index (χ4n) is 1.63. The van der Waals surface area contributed by atoms with Crippen LogP contribution in [0.15, 0.2) is 30.7 Å². The highest BCUT2D eigenvalue weighted by Crippen LogP contribution is 2.20. The maximum Gasteiger partial charge on any atom is 0.321 e. The number of carbonyl (C=O) groups is 1. The normalized spacial score (nSPS) is 10.0. The first-order chi connectivity index (χ1) is 9.20. The fourth-order valence-corrected chi connectivity index (χ4v) is 1.63. The third-order valence-corrected chi connectivity index (χ3v) is 2.53. The molecule has 19 heavy (non-hydrogen) atoms. The van der Waals surface area contributed by atoms with E-state index in [1.807, 2.05) is 26.0 Å². The summed E-state index contributed by atoms with van der Waals surface area (Å²) in [5.74, 6) is 0.274. The van der Waals surface area contributed by atoms with Gasteiger partial charge in [-0.05, 0) is 19.9 Å². The molecule has 0 fully saturated rings. The summed E-state index contributed by atoms with van der Waals surface area (Å²) in [6, 6.07) is 3.51. The minimum absolute atomic E-state index is 0.274. The van der Waals surface area contributed by atoms with Crippen molar-refractivity contribution < 1.29 is 4.79 Å². The molecule has 2 N–H and O–H groups in total. The molecule has 0 radical (unpaired) electrons. The molecule has 2 heterocycles. The van der Waals surface area contributed by atoms with E-state index in [-0.39, 0.29) is 12.0 Å². The van der Waals surface area contributed by atoms with Crippen molar-refractivity contribution in [3.63, 3.8) is 0 Å². The third kappa shape index (κ3) is 3.25. The maximum atomic E-state index is 11.3. The molecular formula is C13H15N5O. The van der Waals surface area contributed by atoms with E-state index in [1.165, 1.54) is 0 Å². The maximum absolute atomic E-state index is 11.3. The number of carbonyl (C=O) groups excluding carboxylic acids is 1. The molecule has 0 atom stereocenters. The second-order valence-corrected chi connectivity index (χ2v) is 3.92. The Bertz CT molecular complexity index is 568. The first-order valence-electron chi connectivity index (χ1n) is 5.99. The van der Waals surface area contributed by atoms with Crippen molar-refractivity contribution in [3.8, 4) is 11.1 Å². The van der Waals surface area contributed by atoms with E-state index in [4.69, 9.17) is 0 Å². The van der Waals surface area contributed by atoms with Crippen LogP contribution in [0.5, 0.6) is 0 Å². The topological polar surface area (TPSA) is 79.8 Å². The van der Waals surface area contributed by atoms with Gasteiger partial charge in [-0.1, -0.05) is 6.07 Å². The van der Waals surface area contributed by atoms with Crippen LogP contribution in [-0.2, 0) is 0 Å². The number of aryl methyl sites for hydroxylation is 1. The number of anilines is 1. The van der Waals surface area contributed by atoms with E-state index in [1.54, 1.807) is 18.6 Å². The van der Waals surface area contributed by atoms with Crippen LogP contribution in [0.25, 0.3) is 11.1 Å². The molecule has 0 aromatic carbocycles. The third-order valence-electron chi connectivity index (χ3n) is 2.53. The van der Waals surface area contributed by atoms with Crippen molar-refractivity contribution in [2.75, 3.05) is 11.9 Å². The van der Waals surface area contributed by atoms with Crippen LogP contribution in [0.1, 0.15) is 12.6 Å². The number of nitrogens with one attached hydrogen (secondary N) is 2. The van der Waals surface area contributed by atoms with Gasteiger partial charge in [0.25, 0.3) is 0 Å². The summed E-state index contributed by atoms with van der Waals surface area (Å²) in [7, 11) is 0. The molecule has 0 spiro atoms. The zero-order valence-electron chi connectivity index (χ0n) is 10.8. The Labute approximate surface area is 111 Å². The molecule has 0 aliphatic heterocycles. The number of hydrogen-bond donors (Lipinski definition) is 2. The van der Waals surface area contributed by atoms with E-state index in [2.05, 4.69) is 25.6 Å². The average molecular weight is 257 g/mol. The standard InChI is InChI=1S/C13H15N5O/c1-3-14-13(19)18-12-16-7-10(8-17-12)11-5-4-6-15-9(11)2/h4-8H,3H2,1-2H3,(H2,14,16,17,18,19). The monoisotopic (exact) mass is 257 g/mol. The summed E-state index contributed by atoms with van der Waals surface area (Å²) in [6.45, 7) is 4.32. The highest BCUT2D eigenvalue weighted by Gasteiger charge is 2.05. The molecule has 0 unspecified atom stereocenters. The highest BCUT2D eigenvalue weighted by molar-refractivity contribution is 5.87. The van der Waals surface area contributed by atoms with Gasteiger partial charge in [0.05, 0.1) is 0 Å². The second-order valence-electron chi connectivity index (χ2n) is 3.92. The molecule has 2 rings (SSSR count). The molecule has 6 heteroatoms. The van der Waals surface area contributed by atoms with Gasteiger partial charge in [-0.15, -0.1) is 0 Å². The first kappa shape index (κ1) is 12.9. The first-order valence-corrected chi connectivity index (χ1v) is 5.99. The lowest BCUT2D eigenvalue weighted by Gasteiger charge is -2.06. The number of urea groups is 1. The van der Waals surface area contributed by atoms with Gasteiger partial charge in [-0.25, -0.2) is 14.8 Å². The summed E-state index contributed by atoms with van der Waals surface area (Å²) in [5.41, 5.74) is 2.76. The van der Waals surface area contributed by atoms with Crippen molar-refractivity contribution in [1.82, 2.24) is 20.3 Å². The van der Waals surface area contributed by atoms with Gasteiger partial charge in [-0.2, -0.15) is 0 Å². The molecular weight excluding hydrogens is 242 g/mol. The Hall–Kier alpha value is -2.50. The van der Waals surface area contributed by atoms with E-state index >= 15 is 0 Å². The highest BCUT2D eigenvalue weighted by atomic mass is 16.2. The average Bonchev–Trinajstić information content (AvgIpc) is 2.41. The molecule has 0 aliphatic carbocycles. The summed E-state index contributed by atoms with van der Waals surface area (Å²) in [4.78, 5) is 23.7. The Balaban J connectivity index is 2.15. The minimum Gasteiger partial charge on any atom is -0.338 e. The van der Waals surface area contributed by atoms with E-state index in [0.29, 0.717) is 6.54 Å². The fraction of sp³-hybridized carbons (Fsp3) is 0.231. The summed E-state index contributed by atoms with van der Waals surface area (Å²) in [6.07, 6.45) is 5.07. The molecule has 2 aromatic rings. The predicted octanol–water partition coefficient (Wildman–Crippen LogP) is 1.99. The van der Waals surface area contributed by atoms with Gasteiger partial charge >= 0.3 is 6.03 Å². The Morgan fingerprint density at radius 1 is 1.26 bits per heavy atom. The summed E-state index contributed by atoms with van der Waals surface area (Å²) < 4.78 is 0. The number of pyridine rings is 1. The van der Waals surface area contributed by atoms with Crippen LogP contribution in [0.2, 0.25) is 0 Å². The number of amides is 2. The van der Waals surface area contributed by atoms with Crippen molar-refractivity contribution in [3.05, 3.63) is 36.4 Å². The van der Waals surface area contributed by atoms with Gasteiger partial charge in [0, 0.05) is 42.0 Å². The van der Waals surface area contributed by atoms with Crippen LogP contribution in [0.4, 0.5) is 10.7 Å². The smallest absolute Gasteiger partial charge is 0.321 e. The molecule has 0 aliphatic rings. The van der Waals surface area contributed by atoms with Crippen LogP contribution in [0, 0.1) is 6.92 Å². The van der Waals surface area contributed by atoms with E-state index < -0.39 is 0 Å². The molecule has 98 valence electrons. The van der Waals surface area contributed by atoms with Crippen molar-refractivity contribution in [2.24, 2.45) is 0 Å². The van der Waals surface area contributed by atoms with Gasteiger partial charge in [0.15, 0.2) is 0 Å². The zero-order chi connectivity index (χ0) is 13.7. The number of hydrogen-bond acceptors (Lipinski definition) is 4.